The number of nitrogens with one attached hydrogen (secondary N) is 1. The van der Waals surface area contributed by atoms with Crippen LogP contribution < -0.4 is 4.72 Å². The van der Waals surface area contributed by atoms with Gasteiger partial charge in [-0.3, -0.25) is 0 Å². The second-order valence-corrected chi connectivity index (χ2v) is 7.22. The topological polar surface area (TPSA) is 78.8 Å². The van der Waals surface area contributed by atoms with E-state index in [4.69, 9.17) is 0 Å². The van der Waals surface area contributed by atoms with Crippen molar-refractivity contribution in [3.8, 4) is 0 Å². The van der Waals surface area contributed by atoms with E-state index in [0.29, 0.717) is 12.1 Å². The van der Waals surface area contributed by atoms with Crippen LogP contribution in [-0.4, -0.2) is 30.7 Å². The van der Waals surface area contributed by atoms with Crippen molar-refractivity contribution in [3.05, 3.63) is 29.8 Å². The molecule has 0 saturated carbocycles. The first kappa shape index (κ1) is 16.3. The molecule has 1 aliphatic heterocycles. The zero-order valence-electron chi connectivity index (χ0n) is 12.2. The van der Waals surface area contributed by atoms with Gasteiger partial charge in [0.1, 0.15) is 11.6 Å². The highest BCUT2D eigenvalue weighted by Gasteiger charge is 2.39. The Bertz CT molecular complexity index is 740. The number of sulfonamides is 1. The molecule has 2 amide bonds. The summed E-state index contributed by atoms with van der Waals surface area (Å²) in [4.78, 5) is 10.9. The number of carbonyl (C=O) groups is 1. The third-order valence-electron chi connectivity index (χ3n) is 3.13. The van der Waals surface area contributed by atoms with E-state index in [2.05, 4.69) is 5.10 Å². The minimum Gasteiger partial charge on any atom is -0.245 e. The molecule has 0 saturated heterocycles. The van der Waals surface area contributed by atoms with Gasteiger partial charge in [0.2, 0.25) is 0 Å². The molecule has 0 aromatic heterocycles. The molecule has 0 bridgehead atoms. The second-order valence-electron chi connectivity index (χ2n) is 5.60. The summed E-state index contributed by atoms with van der Waals surface area (Å²) < 4.78 is 52.9. The Morgan fingerprint density at radius 2 is 1.86 bits per heavy atom. The maximum absolute atomic E-state index is 13.6. The van der Waals surface area contributed by atoms with Crippen LogP contribution in [0.5, 0.6) is 0 Å². The molecule has 0 radical (unpaired) electrons. The number of carbonyl (C=O) groups excluding carboxylic acids is 1. The van der Waals surface area contributed by atoms with Gasteiger partial charge in [-0.1, -0.05) is 6.07 Å². The summed E-state index contributed by atoms with van der Waals surface area (Å²) in [5.74, 6) is -2.55. The summed E-state index contributed by atoms with van der Waals surface area (Å²) in [6.07, 6.45) is 0.467. The number of nitrogens with zero attached hydrogens (tertiary/aromatic N) is 2. The van der Waals surface area contributed by atoms with Crippen molar-refractivity contribution < 1.29 is 22.0 Å². The summed E-state index contributed by atoms with van der Waals surface area (Å²) in [6.45, 7) is 5.09. The summed E-state index contributed by atoms with van der Waals surface area (Å²) in [5, 5.41) is 4.91. The van der Waals surface area contributed by atoms with E-state index in [1.807, 2.05) is 0 Å². The number of amides is 2. The molecular formula is C13H15F2N3O3S. The highest BCUT2D eigenvalue weighted by molar-refractivity contribution is 7.90. The molecule has 0 atom stereocenters. The molecule has 0 spiro atoms. The molecule has 0 fully saturated rings. The Morgan fingerprint density at radius 1 is 1.32 bits per heavy atom. The number of hydrazone groups is 1. The predicted molar refractivity (Wildman–Crippen MR) is 75.7 cm³/mol. The molecule has 2 rings (SSSR count). The number of benzene rings is 1. The number of hydrogen-bond donors (Lipinski definition) is 1. The number of urea groups is 1. The molecule has 0 aliphatic carbocycles. The fourth-order valence-electron chi connectivity index (χ4n) is 2.31. The van der Waals surface area contributed by atoms with Crippen molar-refractivity contribution in [3.63, 3.8) is 0 Å². The zero-order chi connectivity index (χ0) is 16.7. The molecule has 22 heavy (non-hydrogen) atoms. The molecule has 6 nitrogen and oxygen atoms in total. The Morgan fingerprint density at radius 3 is 2.32 bits per heavy atom. The highest BCUT2D eigenvalue weighted by Crippen LogP contribution is 2.27. The van der Waals surface area contributed by atoms with E-state index in [1.165, 1.54) is 0 Å². The molecular weight excluding hydrogens is 316 g/mol. The van der Waals surface area contributed by atoms with Crippen molar-refractivity contribution in [2.75, 3.05) is 0 Å². The average molecular weight is 331 g/mol. The van der Waals surface area contributed by atoms with Gasteiger partial charge in [-0.25, -0.2) is 31.7 Å². The number of rotatable bonds is 2. The molecule has 1 heterocycles. The third-order valence-corrected chi connectivity index (χ3v) is 4.51. The number of halogens is 2. The maximum Gasteiger partial charge on any atom is 0.352 e. The maximum atomic E-state index is 13.6. The van der Waals surface area contributed by atoms with Gasteiger partial charge in [-0.2, -0.15) is 5.10 Å². The largest absolute Gasteiger partial charge is 0.352 e. The lowest BCUT2D eigenvalue weighted by Gasteiger charge is -2.28. The Labute approximate surface area is 126 Å². The van der Waals surface area contributed by atoms with Crippen LogP contribution in [0.25, 0.3) is 0 Å². The van der Waals surface area contributed by atoms with Crippen molar-refractivity contribution in [1.82, 2.24) is 9.73 Å². The monoisotopic (exact) mass is 331 g/mol. The van der Waals surface area contributed by atoms with E-state index >= 15 is 0 Å². The van der Waals surface area contributed by atoms with E-state index in [1.54, 1.807) is 25.5 Å². The van der Waals surface area contributed by atoms with Crippen molar-refractivity contribution in [1.29, 1.82) is 0 Å². The fourth-order valence-corrected chi connectivity index (χ4v) is 3.38. The summed E-state index contributed by atoms with van der Waals surface area (Å²) in [5.41, 5.74) is -0.0769. The lowest BCUT2D eigenvalue weighted by molar-refractivity contribution is 0.159. The molecule has 9 heteroatoms. The van der Waals surface area contributed by atoms with E-state index in [0.717, 1.165) is 23.2 Å². The summed E-state index contributed by atoms with van der Waals surface area (Å²) >= 11 is 0. The Hall–Kier alpha value is -2.03. The molecule has 1 aliphatic rings. The van der Waals surface area contributed by atoms with Gasteiger partial charge in [0.25, 0.3) is 10.0 Å². The van der Waals surface area contributed by atoms with Gasteiger partial charge in [0.05, 0.1) is 5.54 Å². The predicted octanol–water partition coefficient (Wildman–Crippen LogP) is 2.22. The standard InChI is InChI=1S/C13H15F2N3O3S/c1-8-7-13(2,3)18(16-8)12(19)17-22(20,21)11-9(14)5-4-6-10(11)15/h4-6H,7H2,1-3H3,(H,17,19). The smallest absolute Gasteiger partial charge is 0.245 e. The van der Waals surface area contributed by atoms with Crippen LogP contribution in [0.15, 0.2) is 28.2 Å². The Kier molecular flexibility index (Phi) is 3.94. The van der Waals surface area contributed by atoms with Crippen LogP contribution in [0.1, 0.15) is 27.2 Å². The van der Waals surface area contributed by atoms with E-state index in [9.17, 15) is 22.0 Å². The minimum absolute atomic E-state index is 0.467. The quantitative estimate of drug-likeness (QED) is 0.902. The SMILES string of the molecule is CC1=NN(C(=O)NS(=O)(=O)c2c(F)cccc2F)C(C)(C)C1. The normalized spacial score (nSPS) is 17.3. The molecule has 1 aromatic rings. The van der Waals surface area contributed by atoms with Gasteiger partial charge >= 0.3 is 6.03 Å². The molecule has 1 N–H and O–H groups in total. The molecule has 120 valence electrons. The van der Waals surface area contributed by atoms with Crippen molar-refractivity contribution >= 4 is 21.8 Å². The van der Waals surface area contributed by atoms with Gasteiger partial charge < -0.3 is 0 Å². The average Bonchev–Trinajstić information content (AvgIpc) is 2.61. The zero-order valence-corrected chi connectivity index (χ0v) is 13.0. The summed E-state index contributed by atoms with van der Waals surface area (Å²) in [7, 11) is -4.69. The summed E-state index contributed by atoms with van der Waals surface area (Å²) in [6, 6.07) is 1.56. The van der Waals surface area contributed by atoms with Crippen LogP contribution in [0.2, 0.25) is 0 Å². The van der Waals surface area contributed by atoms with Crippen LogP contribution in [0, 0.1) is 11.6 Å². The van der Waals surface area contributed by atoms with Crippen LogP contribution in [-0.2, 0) is 10.0 Å². The van der Waals surface area contributed by atoms with Crippen LogP contribution in [0.3, 0.4) is 0 Å². The van der Waals surface area contributed by atoms with E-state index < -0.39 is 38.1 Å². The van der Waals surface area contributed by atoms with Gasteiger partial charge in [-0.05, 0) is 32.9 Å². The van der Waals surface area contributed by atoms with Gasteiger partial charge in [0, 0.05) is 12.1 Å². The van der Waals surface area contributed by atoms with Crippen molar-refractivity contribution in [2.24, 2.45) is 5.10 Å². The lowest BCUT2D eigenvalue weighted by atomic mass is 9.99. The van der Waals surface area contributed by atoms with Gasteiger partial charge in [-0.15, -0.1) is 0 Å². The second kappa shape index (κ2) is 5.31. The lowest BCUT2D eigenvalue weighted by Crippen LogP contribution is -2.48. The van der Waals surface area contributed by atoms with Gasteiger partial charge in [0.15, 0.2) is 4.90 Å². The first-order valence-corrected chi connectivity index (χ1v) is 7.88. The van der Waals surface area contributed by atoms with Crippen molar-refractivity contribution in [2.45, 2.75) is 37.6 Å². The van der Waals surface area contributed by atoms with E-state index in [-0.39, 0.29) is 0 Å². The van der Waals surface area contributed by atoms with Crippen LogP contribution >= 0.6 is 0 Å². The minimum atomic E-state index is -4.69. The molecule has 1 aromatic carbocycles. The molecule has 0 unspecified atom stereocenters. The first-order chi connectivity index (χ1) is 10.0. The number of hydrogen-bond acceptors (Lipinski definition) is 4. The first-order valence-electron chi connectivity index (χ1n) is 6.40. The fraction of sp³-hybridized carbons (Fsp3) is 0.385. The Balaban J connectivity index is 2.32. The highest BCUT2D eigenvalue weighted by atomic mass is 32.2. The van der Waals surface area contributed by atoms with Crippen LogP contribution in [0.4, 0.5) is 13.6 Å². The third kappa shape index (κ3) is 2.94.